The highest BCUT2D eigenvalue weighted by molar-refractivity contribution is 6.21. The maximum Gasteiger partial charge on any atom is 0.254 e. The Kier molecular flexibility index (Phi) is 4.87. The first-order valence-electron chi connectivity index (χ1n) is 5.47. The number of hydrogen-bond acceptors (Lipinski definition) is 2. The SMILES string of the molecule is Cc1occc1C(=O)NCC(Cl)CC(C)C. The molecule has 0 saturated heterocycles. The third-order valence-electron chi connectivity index (χ3n) is 2.31. The molecule has 0 saturated carbocycles. The van der Waals surface area contributed by atoms with Gasteiger partial charge in [-0.15, -0.1) is 11.6 Å². The Hall–Kier alpha value is -0.960. The fourth-order valence-electron chi connectivity index (χ4n) is 1.51. The molecule has 0 aliphatic rings. The van der Waals surface area contributed by atoms with Crippen LogP contribution >= 0.6 is 11.6 Å². The fraction of sp³-hybridized carbons (Fsp3) is 0.583. The fourth-order valence-corrected chi connectivity index (χ4v) is 1.95. The van der Waals surface area contributed by atoms with Gasteiger partial charge in [-0.05, 0) is 25.3 Å². The molecule has 3 nitrogen and oxygen atoms in total. The van der Waals surface area contributed by atoms with Crippen molar-refractivity contribution < 1.29 is 9.21 Å². The average Bonchev–Trinajstić information content (AvgIpc) is 2.60. The van der Waals surface area contributed by atoms with Gasteiger partial charge in [0.25, 0.3) is 5.91 Å². The maximum atomic E-state index is 11.7. The molecule has 0 radical (unpaired) electrons. The number of furan rings is 1. The number of carbonyl (C=O) groups is 1. The zero-order chi connectivity index (χ0) is 12.1. The summed E-state index contributed by atoms with van der Waals surface area (Å²) >= 11 is 6.08. The van der Waals surface area contributed by atoms with E-state index in [2.05, 4.69) is 19.2 Å². The number of halogens is 1. The second kappa shape index (κ2) is 5.94. The molecule has 4 heteroatoms. The van der Waals surface area contributed by atoms with Crippen molar-refractivity contribution in [1.82, 2.24) is 5.32 Å². The minimum atomic E-state index is -0.124. The van der Waals surface area contributed by atoms with E-state index >= 15 is 0 Å². The minimum absolute atomic E-state index is 0.0174. The molecule has 1 aromatic heterocycles. The molecule has 0 fully saturated rings. The predicted molar refractivity (Wildman–Crippen MR) is 64.9 cm³/mol. The lowest BCUT2D eigenvalue weighted by Crippen LogP contribution is -2.30. The molecule has 0 bridgehead atoms. The molecule has 16 heavy (non-hydrogen) atoms. The summed E-state index contributed by atoms with van der Waals surface area (Å²) in [4.78, 5) is 11.7. The molecule has 1 unspecified atom stereocenters. The monoisotopic (exact) mass is 243 g/mol. The van der Waals surface area contributed by atoms with Gasteiger partial charge < -0.3 is 9.73 Å². The van der Waals surface area contributed by atoms with Gasteiger partial charge in [0.15, 0.2) is 0 Å². The van der Waals surface area contributed by atoms with Crippen molar-refractivity contribution in [3.8, 4) is 0 Å². The molecule has 1 rings (SSSR count). The highest BCUT2D eigenvalue weighted by Crippen LogP contribution is 2.11. The van der Waals surface area contributed by atoms with Crippen molar-refractivity contribution in [2.24, 2.45) is 5.92 Å². The Labute approximate surface area is 101 Å². The molecule has 0 spiro atoms. The van der Waals surface area contributed by atoms with Crippen molar-refractivity contribution >= 4 is 17.5 Å². The predicted octanol–water partition coefficient (Wildman–Crippen LogP) is 2.97. The van der Waals surface area contributed by atoms with Gasteiger partial charge in [0.05, 0.1) is 17.2 Å². The van der Waals surface area contributed by atoms with E-state index < -0.39 is 0 Å². The molecule has 1 amide bonds. The third kappa shape index (κ3) is 3.89. The van der Waals surface area contributed by atoms with Crippen molar-refractivity contribution in [1.29, 1.82) is 0 Å². The molecule has 0 aromatic carbocycles. The van der Waals surface area contributed by atoms with Crippen molar-refractivity contribution in [2.45, 2.75) is 32.6 Å². The largest absolute Gasteiger partial charge is 0.469 e. The molecule has 1 atom stereocenters. The van der Waals surface area contributed by atoms with Crippen molar-refractivity contribution in [3.63, 3.8) is 0 Å². The molecule has 1 heterocycles. The van der Waals surface area contributed by atoms with Crippen LogP contribution in [0.5, 0.6) is 0 Å². The maximum absolute atomic E-state index is 11.7. The van der Waals surface area contributed by atoms with E-state index in [0.29, 0.717) is 23.8 Å². The summed E-state index contributed by atoms with van der Waals surface area (Å²) in [5, 5.41) is 2.78. The van der Waals surface area contributed by atoms with E-state index in [1.54, 1.807) is 13.0 Å². The van der Waals surface area contributed by atoms with Crippen LogP contribution in [0.1, 0.15) is 36.4 Å². The summed E-state index contributed by atoms with van der Waals surface area (Å²) in [7, 11) is 0. The van der Waals surface area contributed by atoms with Crippen LogP contribution < -0.4 is 5.32 Å². The topological polar surface area (TPSA) is 42.2 Å². The number of hydrogen-bond donors (Lipinski definition) is 1. The molecule has 1 aromatic rings. The number of aryl methyl sites for hydroxylation is 1. The standard InChI is InChI=1S/C12H18ClNO2/c1-8(2)6-10(13)7-14-12(15)11-4-5-16-9(11)3/h4-5,8,10H,6-7H2,1-3H3,(H,14,15). The van der Waals surface area contributed by atoms with Crippen LogP contribution in [0.3, 0.4) is 0 Å². The lowest BCUT2D eigenvalue weighted by molar-refractivity contribution is 0.0951. The summed E-state index contributed by atoms with van der Waals surface area (Å²) < 4.78 is 5.06. The lowest BCUT2D eigenvalue weighted by atomic mass is 10.1. The van der Waals surface area contributed by atoms with E-state index in [0.717, 1.165) is 6.42 Å². The lowest BCUT2D eigenvalue weighted by Gasteiger charge is -2.12. The third-order valence-corrected chi connectivity index (χ3v) is 2.65. The minimum Gasteiger partial charge on any atom is -0.469 e. The number of alkyl halides is 1. The van der Waals surface area contributed by atoms with Crippen molar-refractivity contribution in [3.05, 3.63) is 23.7 Å². The van der Waals surface area contributed by atoms with E-state index in [1.165, 1.54) is 6.26 Å². The van der Waals surface area contributed by atoms with Gasteiger partial charge in [0, 0.05) is 6.54 Å². The Morgan fingerprint density at radius 1 is 1.56 bits per heavy atom. The van der Waals surface area contributed by atoms with E-state index in [4.69, 9.17) is 16.0 Å². The van der Waals surface area contributed by atoms with Crippen LogP contribution in [0.4, 0.5) is 0 Å². The van der Waals surface area contributed by atoms with E-state index in [1.807, 2.05) is 0 Å². The van der Waals surface area contributed by atoms with E-state index in [-0.39, 0.29) is 11.3 Å². The number of nitrogens with one attached hydrogen (secondary N) is 1. The summed E-state index contributed by atoms with van der Waals surface area (Å²) in [5.74, 6) is 1.04. The van der Waals surface area contributed by atoms with Crippen LogP contribution in [0.25, 0.3) is 0 Å². The van der Waals surface area contributed by atoms with E-state index in [9.17, 15) is 4.79 Å². The van der Waals surface area contributed by atoms with Gasteiger partial charge >= 0.3 is 0 Å². The summed E-state index contributed by atoms with van der Waals surface area (Å²) in [6, 6.07) is 1.66. The summed E-state index contributed by atoms with van der Waals surface area (Å²) in [5.41, 5.74) is 0.577. The number of carbonyl (C=O) groups excluding carboxylic acids is 1. The van der Waals surface area contributed by atoms with Crippen LogP contribution in [0.2, 0.25) is 0 Å². The second-order valence-corrected chi connectivity index (χ2v) is 4.94. The van der Waals surface area contributed by atoms with Crippen molar-refractivity contribution in [2.75, 3.05) is 6.54 Å². The van der Waals surface area contributed by atoms with Crippen LogP contribution in [0.15, 0.2) is 16.7 Å². The van der Waals surface area contributed by atoms with Gasteiger partial charge in [-0.2, -0.15) is 0 Å². The quantitative estimate of drug-likeness (QED) is 0.808. The molecule has 90 valence electrons. The van der Waals surface area contributed by atoms with Gasteiger partial charge in [0.1, 0.15) is 5.76 Å². The zero-order valence-electron chi connectivity index (χ0n) is 9.92. The highest BCUT2D eigenvalue weighted by atomic mass is 35.5. The molecule has 0 aliphatic heterocycles. The van der Waals surface area contributed by atoms with Gasteiger partial charge in [-0.1, -0.05) is 13.8 Å². The summed E-state index contributed by atoms with van der Waals surface area (Å²) in [6.07, 6.45) is 2.41. The van der Waals surface area contributed by atoms with Crippen LogP contribution in [-0.2, 0) is 0 Å². The second-order valence-electron chi connectivity index (χ2n) is 4.33. The average molecular weight is 244 g/mol. The van der Waals surface area contributed by atoms with Crippen LogP contribution in [-0.4, -0.2) is 17.8 Å². The number of amides is 1. The molecule has 0 aliphatic carbocycles. The zero-order valence-corrected chi connectivity index (χ0v) is 10.7. The first-order chi connectivity index (χ1) is 7.50. The molecular formula is C12H18ClNO2. The Balaban J connectivity index is 2.39. The Morgan fingerprint density at radius 2 is 2.25 bits per heavy atom. The van der Waals surface area contributed by atoms with Crippen LogP contribution in [0, 0.1) is 12.8 Å². The normalized spacial score (nSPS) is 12.8. The van der Waals surface area contributed by atoms with Gasteiger partial charge in [-0.25, -0.2) is 0 Å². The van der Waals surface area contributed by atoms with Gasteiger partial charge in [-0.3, -0.25) is 4.79 Å². The Morgan fingerprint density at radius 3 is 2.75 bits per heavy atom. The number of rotatable bonds is 5. The molecule has 1 N–H and O–H groups in total. The highest BCUT2D eigenvalue weighted by Gasteiger charge is 2.13. The van der Waals surface area contributed by atoms with Gasteiger partial charge in [0.2, 0.25) is 0 Å². The first-order valence-corrected chi connectivity index (χ1v) is 5.90. The molecular weight excluding hydrogens is 226 g/mol. The first kappa shape index (κ1) is 13.1. The smallest absolute Gasteiger partial charge is 0.254 e. The summed E-state index contributed by atoms with van der Waals surface area (Å²) in [6.45, 7) is 6.47. The Bertz CT molecular complexity index is 347.